The maximum atomic E-state index is 11.8. The van der Waals surface area contributed by atoms with Gasteiger partial charge in [-0.15, -0.1) is 0 Å². The van der Waals surface area contributed by atoms with E-state index in [2.05, 4.69) is 9.55 Å². The lowest BCUT2D eigenvalue weighted by Gasteiger charge is -2.02. The molecule has 3 rings (SSSR count). The van der Waals surface area contributed by atoms with E-state index in [4.69, 9.17) is 0 Å². The van der Waals surface area contributed by atoms with Gasteiger partial charge in [0.05, 0.1) is 11.0 Å². The van der Waals surface area contributed by atoms with E-state index in [1.54, 1.807) is 0 Å². The first-order valence-corrected chi connectivity index (χ1v) is 6.76. The molecule has 1 heterocycles. The number of aryl methyl sites for hydroxylation is 1. The summed E-state index contributed by atoms with van der Waals surface area (Å²) >= 11 is 0. The van der Waals surface area contributed by atoms with Crippen molar-refractivity contribution < 1.29 is 4.79 Å². The first-order chi connectivity index (χ1) is 9.70. The second-order valence-electron chi connectivity index (χ2n) is 4.84. The lowest BCUT2D eigenvalue weighted by molar-refractivity contribution is 0.0988. The van der Waals surface area contributed by atoms with Crippen LogP contribution < -0.4 is 0 Å². The van der Waals surface area contributed by atoms with E-state index in [9.17, 15) is 4.79 Å². The van der Waals surface area contributed by atoms with Crippen LogP contribution >= 0.6 is 0 Å². The van der Waals surface area contributed by atoms with Crippen molar-refractivity contribution in [2.45, 2.75) is 13.3 Å². The van der Waals surface area contributed by atoms with Gasteiger partial charge in [0.15, 0.2) is 5.78 Å². The third kappa shape index (κ3) is 2.01. The molecular formula is C17H16N2O. The molecule has 0 amide bonds. The Morgan fingerprint density at radius 1 is 1.15 bits per heavy atom. The summed E-state index contributed by atoms with van der Waals surface area (Å²) in [6, 6.07) is 15.8. The van der Waals surface area contributed by atoms with Gasteiger partial charge < -0.3 is 4.57 Å². The molecule has 0 saturated heterocycles. The summed E-state index contributed by atoms with van der Waals surface area (Å²) in [5.74, 6) is 1.07. The molecule has 2 aromatic carbocycles. The molecule has 0 atom stereocenters. The number of ketones is 1. The molecule has 0 fully saturated rings. The van der Waals surface area contributed by atoms with Crippen LogP contribution in [0.1, 0.15) is 23.7 Å². The molecule has 0 N–H and O–H groups in total. The van der Waals surface area contributed by atoms with Crippen molar-refractivity contribution in [1.29, 1.82) is 0 Å². The Kier molecular flexibility index (Phi) is 3.11. The van der Waals surface area contributed by atoms with Crippen LogP contribution in [0.15, 0.2) is 48.5 Å². The number of nitrogens with zero attached hydrogens (tertiary/aromatic N) is 2. The maximum Gasteiger partial charge on any atom is 0.162 e. The van der Waals surface area contributed by atoms with E-state index in [0.717, 1.165) is 28.0 Å². The maximum absolute atomic E-state index is 11.8. The molecule has 0 aliphatic heterocycles. The monoisotopic (exact) mass is 264 g/mol. The summed E-state index contributed by atoms with van der Waals surface area (Å²) in [6.45, 7) is 1.88. The van der Waals surface area contributed by atoms with Crippen molar-refractivity contribution in [3.63, 3.8) is 0 Å². The third-order valence-corrected chi connectivity index (χ3v) is 3.56. The number of benzene rings is 2. The zero-order valence-corrected chi connectivity index (χ0v) is 11.6. The highest BCUT2D eigenvalue weighted by atomic mass is 16.1. The lowest BCUT2D eigenvalue weighted by Crippen LogP contribution is -1.96. The van der Waals surface area contributed by atoms with E-state index in [1.165, 1.54) is 0 Å². The molecule has 3 heteroatoms. The van der Waals surface area contributed by atoms with E-state index in [0.29, 0.717) is 6.42 Å². The highest BCUT2D eigenvalue weighted by Gasteiger charge is 2.11. The second kappa shape index (κ2) is 4.93. The van der Waals surface area contributed by atoms with Gasteiger partial charge in [0.1, 0.15) is 5.82 Å². The molecule has 3 aromatic rings. The Bertz CT molecular complexity index is 772. The van der Waals surface area contributed by atoms with Crippen molar-refractivity contribution in [3.05, 3.63) is 54.1 Å². The van der Waals surface area contributed by atoms with Crippen LogP contribution in [0.25, 0.3) is 22.4 Å². The molecule has 20 heavy (non-hydrogen) atoms. The molecule has 0 aliphatic carbocycles. The standard InChI is InChI=1S/C17H16N2O/c1-3-16(20)13-9-10-15-14(11-13)18-17(19(15)2)12-7-5-4-6-8-12/h4-11H,3H2,1-2H3. The minimum absolute atomic E-state index is 0.152. The van der Waals surface area contributed by atoms with E-state index < -0.39 is 0 Å². The minimum atomic E-state index is 0.152. The molecule has 100 valence electrons. The fourth-order valence-electron chi connectivity index (χ4n) is 2.42. The predicted octanol–water partition coefficient (Wildman–Crippen LogP) is 3.83. The molecule has 0 unspecified atom stereocenters. The quantitative estimate of drug-likeness (QED) is 0.674. The number of hydrogen-bond donors (Lipinski definition) is 0. The molecule has 0 saturated carbocycles. The van der Waals surface area contributed by atoms with Gasteiger partial charge in [-0.25, -0.2) is 4.98 Å². The number of rotatable bonds is 3. The van der Waals surface area contributed by atoms with Crippen molar-refractivity contribution in [2.75, 3.05) is 0 Å². The number of hydrogen-bond acceptors (Lipinski definition) is 2. The second-order valence-corrected chi connectivity index (χ2v) is 4.84. The lowest BCUT2D eigenvalue weighted by atomic mass is 10.1. The van der Waals surface area contributed by atoms with Gasteiger partial charge in [-0.2, -0.15) is 0 Å². The van der Waals surface area contributed by atoms with Gasteiger partial charge >= 0.3 is 0 Å². The summed E-state index contributed by atoms with van der Waals surface area (Å²) in [6.07, 6.45) is 0.518. The Morgan fingerprint density at radius 2 is 1.90 bits per heavy atom. The highest BCUT2D eigenvalue weighted by molar-refractivity contribution is 5.99. The summed E-state index contributed by atoms with van der Waals surface area (Å²) in [5.41, 5.74) is 3.72. The van der Waals surface area contributed by atoms with Crippen molar-refractivity contribution in [1.82, 2.24) is 9.55 Å². The Labute approximate surface area is 117 Å². The average molecular weight is 264 g/mol. The molecule has 0 spiro atoms. The molecular weight excluding hydrogens is 248 g/mol. The van der Waals surface area contributed by atoms with Crippen LogP contribution in [0, 0.1) is 0 Å². The topological polar surface area (TPSA) is 34.9 Å². The zero-order valence-electron chi connectivity index (χ0n) is 11.6. The van der Waals surface area contributed by atoms with Crippen LogP contribution in [-0.4, -0.2) is 15.3 Å². The molecule has 1 aromatic heterocycles. The van der Waals surface area contributed by atoms with Gasteiger partial charge in [0.2, 0.25) is 0 Å². The molecule has 3 nitrogen and oxygen atoms in total. The van der Waals surface area contributed by atoms with E-state index in [1.807, 2.05) is 62.5 Å². The summed E-state index contributed by atoms with van der Waals surface area (Å²) in [4.78, 5) is 16.5. The number of carbonyl (C=O) groups excluding carboxylic acids is 1. The smallest absolute Gasteiger partial charge is 0.162 e. The van der Waals surface area contributed by atoms with E-state index >= 15 is 0 Å². The van der Waals surface area contributed by atoms with Crippen LogP contribution in [0.4, 0.5) is 0 Å². The van der Waals surface area contributed by atoms with Crippen LogP contribution in [-0.2, 0) is 7.05 Å². The van der Waals surface area contributed by atoms with Crippen molar-refractivity contribution in [3.8, 4) is 11.4 Å². The number of imidazole rings is 1. The predicted molar refractivity (Wildman–Crippen MR) is 80.8 cm³/mol. The fourth-order valence-corrected chi connectivity index (χ4v) is 2.42. The molecule has 0 aliphatic rings. The van der Waals surface area contributed by atoms with Gasteiger partial charge in [-0.1, -0.05) is 37.3 Å². The number of carbonyl (C=O) groups is 1. The Morgan fingerprint density at radius 3 is 2.60 bits per heavy atom. The van der Waals surface area contributed by atoms with Gasteiger partial charge in [-0.3, -0.25) is 4.79 Å². The summed E-state index contributed by atoms with van der Waals surface area (Å²) in [7, 11) is 2.00. The van der Waals surface area contributed by atoms with Gasteiger partial charge in [0.25, 0.3) is 0 Å². The van der Waals surface area contributed by atoms with E-state index in [-0.39, 0.29) is 5.78 Å². The Balaban J connectivity index is 2.17. The minimum Gasteiger partial charge on any atom is -0.327 e. The number of Topliss-reactive ketones (excluding diaryl/α,β-unsaturated/α-hetero) is 1. The SMILES string of the molecule is CCC(=O)c1ccc2c(c1)nc(-c1ccccc1)n2C. The fraction of sp³-hybridized carbons (Fsp3) is 0.176. The summed E-state index contributed by atoms with van der Waals surface area (Å²) in [5, 5.41) is 0. The zero-order chi connectivity index (χ0) is 14.1. The number of aromatic nitrogens is 2. The molecule has 0 bridgehead atoms. The highest BCUT2D eigenvalue weighted by Crippen LogP contribution is 2.24. The van der Waals surface area contributed by atoms with Crippen LogP contribution in [0.2, 0.25) is 0 Å². The number of fused-ring (bicyclic) bond motifs is 1. The third-order valence-electron chi connectivity index (χ3n) is 3.56. The summed E-state index contributed by atoms with van der Waals surface area (Å²) < 4.78 is 2.06. The van der Waals surface area contributed by atoms with Crippen LogP contribution in [0.5, 0.6) is 0 Å². The Hall–Kier alpha value is -2.42. The first kappa shape index (κ1) is 12.6. The molecule has 0 radical (unpaired) electrons. The van der Waals surface area contributed by atoms with Gasteiger partial charge in [0, 0.05) is 24.6 Å². The van der Waals surface area contributed by atoms with Crippen LogP contribution in [0.3, 0.4) is 0 Å². The van der Waals surface area contributed by atoms with Crippen molar-refractivity contribution >= 4 is 16.8 Å². The first-order valence-electron chi connectivity index (χ1n) is 6.76. The average Bonchev–Trinajstić information content (AvgIpc) is 2.84. The van der Waals surface area contributed by atoms with Gasteiger partial charge in [-0.05, 0) is 18.2 Å². The largest absolute Gasteiger partial charge is 0.327 e. The normalized spacial score (nSPS) is 10.9. The van der Waals surface area contributed by atoms with Crippen molar-refractivity contribution in [2.24, 2.45) is 7.05 Å².